The molecule has 216 valence electrons. The molecule has 9 nitrogen and oxygen atoms in total. The van der Waals surface area contributed by atoms with Gasteiger partial charge in [-0.05, 0) is 57.7 Å². The Morgan fingerprint density at radius 1 is 1.20 bits per heavy atom. The summed E-state index contributed by atoms with van der Waals surface area (Å²) in [5.41, 5.74) is 3.16. The maximum Gasteiger partial charge on any atom is 0.255 e. The third-order valence-corrected chi connectivity index (χ3v) is 8.01. The molecule has 0 saturated carbocycles. The lowest BCUT2D eigenvalue weighted by atomic mass is 9.90. The third-order valence-electron chi connectivity index (χ3n) is 7.73. The first kappa shape index (κ1) is 29.0. The number of nitrogens with zero attached hydrogens (tertiary/aromatic N) is 3. The lowest BCUT2D eigenvalue weighted by Crippen LogP contribution is -2.50. The number of fused-ring (bicyclic) bond motifs is 1. The van der Waals surface area contributed by atoms with E-state index in [4.69, 9.17) is 16.3 Å². The second-order valence-electron chi connectivity index (χ2n) is 11.4. The van der Waals surface area contributed by atoms with E-state index >= 15 is 0 Å². The number of hydrogen-bond acceptors (Lipinski definition) is 7. The number of rotatable bonds is 8. The van der Waals surface area contributed by atoms with Crippen LogP contribution in [0.15, 0.2) is 48.7 Å². The molecular formula is C31H36ClN5O4. The number of aliphatic hydroxyl groups is 1. The smallest absolute Gasteiger partial charge is 0.255 e. The number of carbonyl (C=O) groups excluding carboxylic acids is 2. The molecule has 0 spiro atoms. The predicted molar refractivity (Wildman–Crippen MR) is 158 cm³/mol. The van der Waals surface area contributed by atoms with E-state index in [1.54, 1.807) is 37.9 Å². The summed E-state index contributed by atoms with van der Waals surface area (Å²) in [6.45, 7) is 8.67. The predicted octanol–water partition coefficient (Wildman–Crippen LogP) is 4.67. The lowest BCUT2D eigenvalue weighted by molar-refractivity contribution is -0.128. The van der Waals surface area contributed by atoms with Gasteiger partial charge in [0.2, 0.25) is 11.9 Å². The molecule has 3 heterocycles. The van der Waals surface area contributed by atoms with Gasteiger partial charge < -0.3 is 25.4 Å². The van der Waals surface area contributed by atoms with Crippen LogP contribution in [-0.4, -0.2) is 62.7 Å². The maximum absolute atomic E-state index is 13.5. The average Bonchev–Trinajstić information content (AvgIpc) is 3.27. The first-order chi connectivity index (χ1) is 19.5. The van der Waals surface area contributed by atoms with Crippen LogP contribution in [0.2, 0.25) is 5.02 Å². The molecule has 41 heavy (non-hydrogen) atoms. The Balaban J connectivity index is 1.33. The lowest BCUT2D eigenvalue weighted by Gasteiger charge is -2.33. The molecule has 2 amide bonds. The van der Waals surface area contributed by atoms with Crippen molar-refractivity contribution in [1.29, 1.82) is 0 Å². The van der Waals surface area contributed by atoms with Gasteiger partial charge in [0.05, 0.1) is 28.6 Å². The van der Waals surface area contributed by atoms with E-state index < -0.39 is 17.7 Å². The molecule has 1 saturated heterocycles. The van der Waals surface area contributed by atoms with Crippen LogP contribution in [0.4, 0.5) is 5.95 Å². The van der Waals surface area contributed by atoms with E-state index in [2.05, 4.69) is 20.6 Å². The average molecular weight is 578 g/mol. The van der Waals surface area contributed by atoms with Crippen molar-refractivity contribution >= 4 is 29.4 Å². The SMILES string of the molecule is Cc1cccc(C(NC(=O)C(C)N2Cc3ccc(-c4nc(NC5CCOCC5)ncc4Cl)cc3C2=O)C(C)(C)O)c1. The zero-order chi connectivity index (χ0) is 29.3. The molecule has 10 heteroatoms. The van der Waals surface area contributed by atoms with Gasteiger partial charge in [0.15, 0.2) is 0 Å². The zero-order valence-electron chi connectivity index (χ0n) is 23.8. The molecule has 2 aromatic carbocycles. The topological polar surface area (TPSA) is 117 Å². The molecule has 3 aromatic rings. The van der Waals surface area contributed by atoms with E-state index in [1.165, 1.54) is 0 Å². The molecule has 1 fully saturated rings. The minimum Gasteiger partial charge on any atom is -0.388 e. The first-order valence-electron chi connectivity index (χ1n) is 13.9. The Morgan fingerprint density at radius 2 is 1.95 bits per heavy atom. The zero-order valence-corrected chi connectivity index (χ0v) is 24.5. The van der Waals surface area contributed by atoms with Crippen LogP contribution >= 0.6 is 11.6 Å². The summed E-state index contributed by atoms with van der Waals surface area (Å²) in [6, 6.07) is 12.0. The normalized spacial score (nSPS) is 17.2. The molecule has 5 rings (SSSR count). The van der Waals surface area contributed by atoms with Crippen molar-refractivity contribution in [2.24, 2.45) is 0 Å². The van der Waals surface area contributed by atoms with Gasteiger partial charge in [-0.25, -0.2) is 9.97 Å². The number of benzene rings is 2. The van der Waals surface area contributed by atoms with Crippen molar-refractivity contribution in [3.8, 4) is 11.3 Å². The van der Waals surface area contributed by atoms with E-state index in [9.17, 15) is 14.7 Å². The Morgan fingerprint density at radius 3 is 2.66 bits per heavy atom. The maximum atomic E-state index is 13.5. The quantitative estimate of drug-likeness (QED) is 0.356. The van der Waals surface area contributed by atoms with Gasteiger partial charge in [-0.3, -0.25) is 9.59 Å². The summed E-state index contributed by atoms with van der Waals surface area (Å²) in [5.74, 6) is -0.113. The van der Waals surface area contributed by atoms with Gasteiger partial charge in [-0.15, -0.1) is 0 Å². The van der Waals surface area contributed by atoms with Crippen molar-refractivity contribution in [2.75, 3.05) is 18.5 Å². The molecule has 0 aliphatic carbocycles. The molecule has 3 N–H and O–H groups in total. The molecule has 0 bridgehead atoms. The standard InChI is InChI=1S/C31H36ClN5O4/c1-18-6-5-7-21(14-18)27(31(3,4)40)36-28(38)19(2)37-17-22-9-8-20(15-24(22)29(37)39)26-25(32)16-33-30(35-26)34-23-10-12-41-13-11-23/h5-9,14-16,19,23,27,40H,10-13,17H2,1-4H3,(H,36,38)(H,33,34,35). The number of halogens is 1. The van der Waals surface area contributed by atoms with Gasteiger partial charge in [-0.1, -0.05) is 53.6 Å². The van der Waals surface area contributed by atoms with Gasteiger partial charge in [-0.2, -0.15) is 0 Å². The summed E-state index contributed by atoms with van der Waals surface area (Å²) < 4.78 is 5.43. The summed E-state index contributed by atoms with van der Waals surface area (Å²) in [6.07, 6.45) is 3.31. The highest BCUT2D eigenvalue weighted by molar-refractivity contribution is 6.33. The molecule has 0 radical (unpaired) electrons. The number of aromatic nitrogens is 2. The number of nitrogens with one attached hydrogen (secondary N) is 2. The Hall–Kier alpha value is -3.53. The molecular weight excluding hydrogens is 542 g/mol. The van der Waals surface area contributed by atoms with Crippen LogP contribution in [0, 0.1) is 6.92 Å². The highest BCUT2D eigenvalue weighted by Crippen LogP contribution is 2.33. The van der Waals surface area contributed by atoms with Gasteiger partial charge in [0, 0.05) is 36.9 Å². The third kappa shape index (κ3) is 6.37. The summed E-state index contributed by atoms with van der Waals surface area (Å²) in [4.78, 5) is 37.5. The van der Waals surface area contributed by atoms with Gasteiger partial charge in [0.25, 0.3) is 5.91 Å². The van der Waals surface area contributed by atoms with Crippen molar-refractivity contribution in [1.82, 2.24) is 20.2 Å². The van der Waals surface area contributed by atoms with Crippen molar-refractivity contribution < 1.29 is 19.4 Å². The van der Waals surface area contributed by atoms with Crippen molar-refractivity contribution in [3.05, 3.63) is 75.9 Å². The number of anilines is 1. The van der Waals surface area contributed by atoms with E-state index in [0.717, 1.165) is 29.5 Å². The number of aryl methyl sites for hydroxylation is 1. The second kappa shape index (κ2) is 11.8. The minimum absolute atomic E-state index is 0.225. The number of ether oxygens (including phenoxy) is 1. The van der Waals surface area contributed by atoms with E-state index in [0.29, 0.717) is 47.6 Å². The van der Waals surface area contributed by atoms with Crippen molar-refractivity contribution in [3.63, 3.8) is 0 Å². The Labute approximate surface area is 245 Å². The Kier molecular flexibility index (Phi) is 8.31. The number of hydrogen-bond donors (Lipinski definition) is 3. The highest BCUT2D eigenvalue weighted by atomic mass is 35.5. The largest absolute Gasteiger partial charge is 0.388 e. The minimum atomic E-state index is -1.22. The fourth-order valence-corrected chi connectivity index (χ4v) is 5.57. The van der Waals surface area contributed by atoms with Gasteiger partial charge >= 0.3 is 0 Å². The number of amides is 2. The fraction of sp³-hybridized carbons (Fsp3) is 0.419. The molecule has 2 unspecified atom stereocenters. The van der Waals surface area contributed by atoms with Crippen LogP contribution in [0.5, 0.6) is 0 Å². The number of carbonyl (C=O) groups is 2. The fourth-order valence-electron chi connectivity index (χ4n) is 5.37. The first-order valence-corrected chi connectivity index (χ1v) is 14.3. The molecule has 2 atom stereocenters. The van der Waals surface area contributed by atoms with Crippen molar-refractivity contribution in [2.45, 2.75) is 70.8 Å². The molecule has 2 aliphatic rings. The Bertz CT molecular complexity index is 1450. The van der Waals surface area contributed by atoms with Gasteiger partial charge in [0.1, 0.15) is 6.04 Å². The van der Waals surface area contributed by atoms with E-state index in [-0.39, 0.29) is 17.9 Å². The van der Waals surface area contributed by atoms with Crippen LogP contribution in [0.25, 0.3) is 11.3 Å². The van der Waals surface area contributed by atoms with Crippen LogP contribution in [0.1, 0.15) is 66.7 Å². The summed E-state index contributed by atoms with van der Waals surface area (Å²) in [7, 11) is 0. The monoisotopic (exact) mass is 577 g/mol. The van der Waals surface area contributed by atoms with Crippen LogP contribution in [-0.2, 0) is 16.1 Å². The highest BCUT2D eigenvalue weighted by Gasteiger charge is 2.37. The van der Waals surface area contributed by atoms with Crippen LogP contribution in [0.3, 0.4) is 0 Å². The van der Waals surface area contributed by atoms with Crippen LogP contribution < -0.4 is 10.6 Å². The molecule has 1 aromatic heterocycles. The molecule has 2 aliphatic heterocycles. The summed E-state index contributed by atoms with van der Waals surface area (Å²) in [5, 5.41) is 17.6. The summed E-state index contributed by atoms with van der Waals surface area (Å²) >= 11 is 6.49. The second-order valence-corrected chi connectivity index (χ2v) is 11.8. The van der Waals surface area contributed by atoms with E-state index in [1.807, 2.05) is 43.3 Å².